The highest BCUT2D eigenvalue weighted by Crippen LogP contribution is 2.18. The summed E-state index contributed by atoms with van der Waals surface area (Å²) in [5.41, 5.74) is 0. The highest BCUT2D eigenvalue weighted by atomic mass is 16.7. The van der Waals surface area contributed by atoms with Gasteiger partial charge in [0.1, 0.15) is 13.2 Å². The summed E-state index contributed by atoms with van der Waals surface area (Å²) in [4.78, 5) is 37.2. The van der Waals surface area contributed by atoms with Gasteiger partial charge in [-0.05, 0) is 12.8 Å². The van der Waals surface area contributed by atoms with Crippen LogP contribution < -0.4 is 5.11 Å². The molecule has 9 heteroatoms. The Kier molecular flexibility index (Phi) is 49.4. The van der Waals surface area contributed by atoms with Crippen molar-refractivity contribution >= 4 is 17.9 Å². The lowest BCUT2D eigenvalue weighted by atomic mass is 10.0. The quantitative estimate of drug-likeness (QED) is 0.0256. The van der Waals surface area contributed by atoms with Gasteiger partial charge in [-0.1, -0.05) is 271 Å². The summed E-state index contributed by atoms with van der Waals surface area (Å²) in [6.45, 7) is 4.81. The number of aliphatic carboxylic acids is 1. The van der Waals surface area contributed by atoms with Crippen molar-refractivity contribution in [1.82, 2.24) is 0 Å². The van der Waals surface area contributed by atoms with Gasteiger partial charge >= 0.3 is 11.9 Å². The van der Waals surface area contributed by atoms with Crippen LogP contribution in [0.5, 0.6) is 0 Å². The molecule has 0 saturated heterocycles. The first-order valence-electron chi connectivity index (χ1n) is 29.2. The number of rotatable bonds is 55. The number of hydrogen-bond donors (Lipinski definition) is 0. The molecule has 2 unspecified atom stereocenters. The summed E-state index contributed by atoms with van der Waals surface area (Å²) < 4.78 is 22.7. The maximum absolute atomic E-state index is 12.9. The summed E-state index contributed by atoms with van der Waals surface area (Å²) in [6, 6.07) is 0. The number of nitrogens with zero attached hydrogens (tertiary/aromatic N) is 1. The Morgan fingerprint density at radius 2 is 0.672 bits per heavy atom. The van der Waals surface area contributed by atoms with Crippen LogP contribution in [0.15, 0.2) is 0 Å². The molecule has 0 aromatic rings. The number of carboxylic acids is 1. The maximum atomic E-state index is 12.9. The molecule has 0 heterocycles. The third-order valence-electron chi connectivity index (χ3n) is 13.4. The summed E-state index contributed by atoms with van der Waals surface area (Å²) in [6.07, 6.45) is 53.0. The molecule has 398 valence electrons. The molecule has 0 rings (SSSR count). The second-order valence-electron chi connectivity index (χ2n) is 21.3. The molecule has 2 atom stereocenters. The number of carbonyl (C=O) groups excluding carboxylic acids is 3. The fourth-order valence-electron chi connectivity index (χ4n) is 8.83. The average molecular weight is 953 g/mol. The van der Waals surface area contributed by atoms with Gasteiger partial charge in [0.15, 0.2) is 12.4 Å². The van der Waals surface area contributed by atoms with E-state index in [4.69, 9.17) is 18.9 Å². The van der Waals surface area contributed by atoms with Crippen molar-refractivity contribution in [2.24, 2.45) is 0 Å². The number of quaternary nitrogens is 1. The first kappa shape index (κ1) is 65.3. The van der Waals surface area contributed by atoms with Gasteiger partial charge in [-0.15, -0.1) is 0 Å². The summed E-state index contributed by atoms with van der Waals surface area (Å²) >= 11 is 0. The van der Waals surface area contributed by atoms with Crippen molar-refractivity contribution in [3.05, 3.63) is 0 Å². The Labute approximate surface area is 415 Å². The fraction of sp³-hybridized carbons (Fsp3) is 0.948. The Bertz CT molecular complexity index is 1060. The van der Waals surface area contributed by atoms with Gasteiger partial charge in [0.25, 0.3) is 0 Å². The number of unbranched alkanes of at least 4 members (excludes halogenated alkanes) is 40. The fourth-order valence-corrected chi connectivity index (χ4v) is 8.83. The normalized spacial score (nSPS) is 12.7. The Morgan fingerprint density at radius 1 is 0.388 bits per heavy atom. The molecule has 0 aliphatic carbocycles. The molecule has 0 radical (unpaired) electrons. The van der Waals surface area contributed by atoms with Gasteiger partial charge < -0.3 is 33.3 Å². The molecule has 0 amide bonds. The van der Waals surface area contributed by atoms with Gasteiger partial charge in [-0.25, -0.2) is 0 Å². The van der Waals surface area contributed by atoms with E-state index < -0.39 is 24.3 Å². The minimum absolute atomic E-state index is 0.153. The van der Waals surface area contributed by atoms with Crippen molar-refractivity contribution in [2.75, 3.05) is 47.5 Å². The van der Waals surface area contributed by atoms with Crippen molar-refractivity contribution < 1.29 is 42.9 Å². The van der Waals surface area contributed by atoms with Crippen molar-refractivity contribution in [1.29, 1.82) is 0 Å². The van der Waals surface area contributed by atoms with E-state index >= 15 is 0 Å². The van der Waals surface area contributed by atoms with Crippen molar-refractivity contribution in [2.45, 2.75) is 309 Å². The number of carbonyl (C=O) groups is 3. The lowest BCUT2D eigenvalue weighted by Crippen LogP contribution is -2.44. The highest BCUT2D eigenvalue weighted by Gasteiger charge is 2.22. The Balaban J connectivity index is 4.15. The van der Waals surface area contributed by atoms with Gasteiger partial charge in [0.2, 0.25) is 0 Å². The number of hydrogen-bond acceptors (Lipinski definition) is 8. The summed E-state index contributed by atoms with van der Waals surface area (Å²) in [5.74, 6) is -2.25. The predicted octanol–water partition coefficient (Wildman–Crippen LogP) is 15.5. The molecular weight excluding hydrogens is 839 g/mol. The van der Waals surface area contributed by atoms with E-state index in [1.54, 1.807) is 0 Å². The molecule has 0 aliphatic rings. The third-order valence-corrected chi connectivity index (χ3v) is 13.4. The maximum Gasteiger partial charge on any atom is 0.306 e. The molecular formula is C58H113NO8. The SMILES string of the molecule is CCCCCCCCCCCCCCCCCCCCCCCCCCCCC(=O)OC(COC(=O)CCCCCCCCCCCCCCCCCC)COC(OCC[N+](C)(C)C)C(=O)[O-]. The predicted molar refractivity (Wildman–Crippen MR) is 279 cm³/mol. The number of likely N-dealkylation sites (N-methyl/N-ethyl adjacent to an activating group) is 1. The van der Waals surface area contributed by atoms with Crippen LogP contribution in [0.1, 0.15) is 296 Å². The third kappa shape index (κ3) is 52.0. The van der Waals surface area contributed by atoms with Crippen LogP contribution in [-0.4, -0.2) is 82.3 Å². The zero-order valence-corrected chi connectivity index (χ0v) is 45.3. The zero-order chi connectivity index (χ0) is 49.2. The van der Waals surface area contributed by atoms with E-state index in [1.807, 2.05) is 21.1 Å². The first-order valence-corrected chi connectivity index (χ1v) is 29.2. The molecule has 0 aromatic heterocycles. The lowest BCUT2D eigenvalue weighted by molar-refractivity contribution is -0.870. The Morgan fingerprint density at radius 3 is 0.955 bits per heavy atom. The van der Waals surface area contributed by atoms with Crippen LogP contribution in [-0.2, 0) is 33.3 Å². The van der Waals surface area contributed by atoms with Crippen LogP contribution in [0.3, 0.4) is 0 Å². The molecule has 0 N–H and O–H groups in total. The van der Waals surface area contributed by atoms with Gasteiger partial charge in [0.05, 0.1) is 40.3 Å². The molecule has 0 bridgehead atoms. The first-order chi connectivity index (χ1) is 32.6. The van der Waals surface area contributed by atoms with Crippen LogP contribution >= 0.6 is 0 Å². The number of carboxylic acid groups (broad SMARTS) is 1. The number of esters is 2. The largest absolute Gasteiger partial charge is 0.545 e. The lowest BCUT2D eigenvalue weighted by Gasteiger charge is -2.26. The molecule has 0 spiro atoms. The van der Waals surface area contributed by atoms with Crippen LogP contribution in [0.4, 0.5) is 0 Å². The van der Waals surface area contributed by atoms with Crippen LogP contribution in [0, 0.1) is 0 Å². The second-order valence-corrected chi connectivity index (χ2v) is 21.3. The molecule has 0 saturated carbocycles. The van der Waals surface area contributed by atoms with E-state index in [9.17, 15) is 19.5 Å². The van der Waals surface area contributed by atoms with E-state index in [0.717, 1.165) is 38.5 Å². The summed E-state index contributed by atoms with van der Waals surface area (Å²) in [5, 5.41) is 11.8. The van der Waals surface area contributed by atoms with Crippen molar-refractivity contribution in [3.63, 3.8) is 0 Å². The minimum atomic E-state index is -1.61. The smallest absolute Gasteiger partial charge is 0.306 e. The molecule has 0 fully saturated rings. The number of ether oxygens (including phenoxy) is 4. The average Bonchev–Trinajstić information content (AvgIpc) is 3.29. The van der Waals surface area contributed by atoms with E-state index in [2.05, 4.69) is 13.8 Å². The molecule has 67 heavy (non-hydrogen) atoms. The molecule has 0 aromatic carbocycles. The minimum Gasteiger partial charge on any atom is -0.545 e. The highest BCUT2D eigenvalue weighted by molar-refractivity contribution is 5.70. The summed E-state index contributed by atoms with van der Waals surface area (Å²) in [7, 11) is 5.93. The van der Waals surface area contributed by atoms with E-state index in [1.165, 1.54) is 231 Å². The Hall–Kier alpha value is -1.71. The van der Waals surface area contributed by atoms with E-state index in [0.29, 0.717) is 17.4 Å². The second kappa shape index (κ2) is 50.7. The van der Waals surface area contributed by atoms with Gasteiger partial charge in [-0.2, -0.15) is 0 Å². The topological polar surface area (TPSA) is 111 Å². The molecule has 9 nitrogen and oxygen atoms in total. The van der Waals surface area contributed by atoms with Gasteiger partial charge in [-0.3, -0.25) is 9.59 Å². The van der Waals surface area contributed by atoms with E-state index in [-0.39, 0.29) is 32.2 Å². The zero-order valence-electron chi connectivity index (χ0n) is 45.3. The van der Waals surface area contributed by atoms with Crippen LogP contribution in [0.2, 0.25) is 0 Å². The van der Waals surface area contributed by atoms with Gasteiger partial charge in [0, 0.05) is 12.8 Å². The monoisotopic (exact) mass is 952 g/mol. The van der Waals surface area contributed by atoms with Crippen molar-refractivity contribution in [3.8, 4) is 0 Å². The van der Waals surface area contributed by atoms with Crippen LogP contribution in [0.25, 0.3) is 0 Å². The standard InChI is InChI=1S/C58H113NO8/c1-6-8-10-12-14-16-18-20-22-24-25-26-27-28-29-30-31-32-33-35-37-39-41-43-45-47-49-56(61)67-54(53-66-58(57(62)63)64-51-50-59(3,4)5)52-65-55(60)48-46-44-42-40-38-36-34-23-21-19-17-15-13-11-9-7-2/h54,58H,6-53H2,1-5H3. The molecule has 0 aliphatic heterocycles.